The van der Waals surface area contributed by atoms with Crippen LogP contribution in [0.1, 0.15) is 105 Å². The molecule has 41 heavy (non-hydrogen) atoms. The summed E-state index contributed by atoms with van der Waals surface area (Å²) >= 11 is 0. The molecule has 0 spiro atoms. The molecule has 2 heteroatoms. The molecular weight excluding hydrogens is 496 g/mol. The number of terminal acetylenes is 1. The van der Waals surface area contributed by atoms with E-state index in [0.29, 0.717) is 23.8 Å². The van der Waals surface area contributed by atoms with Crippen molar-refractivity contribution in [3.05, 3.63) is 110 Å². The molecule has 0 saturated heterocycles. The van der Waals surface area contributed by atoms with Crippen LogP contribution in [0.3, 0.4) is 0 Å². The zero-order chi connectivity index (χ0) is 32.2. The predicted octanol–water partition coefficient (Wildman–Crippen LogP) is 10.9. The number of benzene rings is 1. The van der Waals surface area contributed by atoms with Gasteiger partial charge in [0.15, 0.2) is 0 Å². The summed E-state index contributed by atoms with van der Waals surface area (Å²) in [4.78, 5) is 0. The average molecular weight is 559 g/mol. The number of fused-ring (bicyclic) bond motifs is 1. The van der Waals surface area contributed by atoms with Crippen molar-refractivity contribution < 1.29 is 0 Å². The van der Waals surface area contributed by atoms with Gasteiger partial charge < -0.3 is 10.6 Å². The highest BCUT2D eigenvalue weighted by atomic mass is 15.0. The minimum atomic E-state index is -0.0366. The summed E-state index contributed by atoms with van der Waals surface area (Å²) in [5.74, 6) is 1.21. The molecule has 4 unspecified atom stereocenters. The third-order valence-corrected chi connectivity index (χ3v) is 7.54. The molecule has 0 aliphatic heterocycles. The molecule has 0 fully saturated rings. The minimum Gasteiger partial charge on any atom is -0.384 e. The highest BCUT2D eigenvalue weighted by Crippen LogP contribution is 2.32. The van der Waals surface area contributed by atoms with E-state index in [-0.39, 0.29) is 5.54 Å². The van der Waals surface area contributed by atoms with E-state index >= 15 is 0 Å². The molecule has 0 saturated carbocycles. The first-order chi connectivity index (χ1) is 19.4. The molecule has 2 nitrogen and oxygen atoms in total. The van der Waals surface area contributed by atoms with Crippen molar-refractivity contribution in [2.75, 3.05) is 0 Å². The van der Waals surface area contributed by atoms with Gasteiger partial charge in [-0.25, -0.2) is 0 Å². The van der Waals surface area contributed by atoms with Gasteiger partial charge in [-0.1, -0.05) is 95.0 Å². The summed E-state index contributed by atoms with van der Waals surface area (Å²) in [6.07, 6.45) is 18.9. The molecule has 4 atom stereocenters. The van der Waals surface area contributed by atoms with Crippen LogP contribution in [0.4, 0.5) is 0 Å². The van der Waals surface area contributed by atoms with Gasteiger partial charge in [-0.3, -0.25) is 0 Å². The van der Waals surface area contributed by atoms with E-state index < -0.39 is 0 Å². The Morgan fingerprint density at radius 3 is 2.22 bits per heavy atom. The quantitative estimate of drug-likeness (QED) is 0.135. The van der Waals surface area contributed by atoms with Crippen molar-refractivity contribution in [2.45, 2.75) is 105 Å². The standard InChI is InChI=1S/C33H50N2.C2H6.C2H4.C2H2/c1-11-24(4)30(26(6)21-23(2)3)19-20-33(9,10)35-28(8)25(5)22-27(7)34-32-18-14-16-29-15-12-13-17-31(29)32;3*1-2/h11-13,15,17,21,24-25,30,32,34-35H,1-2,7-8,14,16,18-20,22H2,3-6,9-10H3;1-2H3;1-2H2;1-2H/b26-21-;;;. The largest absolute Gasteiger partial charge is 0.384 e. The van der Waals surface area contributed by atoms with Gasteiger partial charge in [0.25, 0.3) is 0 Å². The van der Waals surface area contributed by atoms with Gasteiger partial charge in [0.2, 0.25) is 0 Å². The molecule has 0 heterocycles. The second-order valence-electron chi connectivity index (χ2n) is 11.5. The number of aryl methyl sites for hydroxylation is 1. The second-order valence-corrected chi connectivity index (χ2v) is 11.5. The van der Waals surface area contributed by atoms with E-state index in [1.165, 1.54) is 36.0 Å². The normalized spacial score (nSPS) is 16.1. The fraction of sp³-hybridized carbons (Fsp3) is 0.487. The maximum atomic E-state index is 4.41. The first kappa shape index (κ1) is 40.0. The lowest BCUT2D eigenvalue weighted by Crippen LogP contribution is -2.40. The van der Waals surface area contributed by atoms with Gasteiger partial charge >= 0.3 is 0 Å². The summed E-state index contributed by atoms with van der Waals surface area (Å²) in [6, 6.07) is 9.19. The third-order valence-electron chi connectivity index (χ3n) is 7.54. The Labute approximate surface area is 255 Å². The lowest BCUT2D eigenvalue weighted by molar-refractivity contribution is 0.323. The first-order valence-electron chi connectivity index (χ1n) is 15.2. The Kier molecular flexibility index (Phi) is 21.0. The Bertz CT molecular complexity index is 990. The second kappa shape index (κ2) is 21.6. The molecule has 1 aromatic rings. The van der Waals surface area contributed by atoms with Crippen LogP contribution in [-0.2, 0) is 6.42 Å². The molecule has 1 aliphatic carbocycles. The predicted molar refractivity (Wildman–Crippen MR) is 188 cm³/mol. The van der Waals surface area contributed by atoms with Crippen LogP contribution in [0.2, 0.25) is 0 Å². The van der Waals surface area contributed by atoms with Gasteiger partial charge in [-0.2, -0.15) is 0 Å². The van der Waals surface area contributed by atoms with E-state index in [1.54, 1.807) is 0 Å². The minimum absolute atomic E-state index is 0.0366. The van der Waals surface area contributed by atoms with Crippen LogP contribution in [0.5, 0.6) is 0 Å². The van der Waals surface area contributed by atoms with Crippen molar-refractivity contribution in [1.82, 2.24) is 10.6 Å². The SMILES string of the molecule is C#C.C=C.C=CC(C)C(CCC(C)(C)NC(=C)C(C)CC(=C)NC1CCCc2ccccc21)/C(C)=C\C(=C)C.CC. The molecule has 228 valence electrons. The van der Waals surface area contributed by atoms with Crippen molar-refractivity contribution in [3.8, 4) is 12.8 Å². The van der Waals surface area contributed by atoms with Crippen molar-refractivity contribution in [3.63, 3.8) is 0 Å². The van der Waals surface area contributed by atoms with Crippen LogP contribution < -0.4 is 10.6 Å². The summed E-state index contributed by atoms with van der Waals surface area (Å²) < 4.78 is 0. The molecule has 2 N–H and O–H groups in total. The zero-order valence-corrected chi connectivity index (χ0v) is 27.9. The number of hydrogen-bond donors (Lipinski definition) is 2. The van der Waals surface area contributed by atoms with Crippen LogP contribution in [-0.4, -0.2) is 5.54 Å². The Morgan fingerprint density at radius 1 is 1.07 bits per heavy atom. The summed E-state index contributed by atoms with van der Waals surface area (Å²) in [6.45, 7) is 40.2. The van der Waals surface area contributed by atoms with Gasteiger partial charge in [0, 0.05) is 22.9 Å². The van der Waals surface area contributed by atoms with E-state index in [9.17, 15) is 0 Å². The summed E-state index contributed by atoms with van der Waals surface area (Å²) in [5, 5.41) is 7.47. The number of hydrogen-bond acceptors (Lipinski definition) is 2. The van der Waals surface area contributed by atoms with Crippen LogP contribution in [0, 0.1) is 30.6 Å². The van der Waals surface area contributed by atoms with Gasteiger partial charge in [0.1, 0.15) is 0 Å². The van der Waals surface area contributed by atoms with Crippen molar-refractivity contribution >= 4 is 0 Å². The van der Waals surface area contributed by atoms with Crippen LogP contribution >= 0.6 is 0 Å². The maximum absolute atomic E-state index is 4.41. The molecular formula is C39H62N2. The van der Waals surface area contributed by atoms with Crippen LogP contribution in [0.25, 0.3) is 0 Å². The van der Waals surface area contributed by atoms with Crippen molar-refractivity contribution in [1.29, 1.82) is 0 Å². The molecule has 2 rings (SSSR count). The number of allylic oxidation sites excluding steroid dienone is 6. The Balaban J connectivity index is 0. The maximum Gasteiger partial charge on any atom is 0.0513 e. The van der Waals surface area contributed by atoms with E-state index in [4.69, 9.17) is 0 Å². The van der Waals surface area contributed by atoms with Gasteiger partial charge in [0.05, 0.1) is 6.04 Å². The van der Waals surface area contributed by atoms with Gasteiger partial charge in [-0.15, -0.1) is 32.6 Å². The fourth-order valence-electron chi connectivity index (χ4n) is 5.40. The van der Waals surface area contributed by atoms with E-state index in [0.717, 1.165) is 36.2 Å². The highest BCUT2D eigenvalue weighted by molar-refractivity contribution is 5.33. The average Bonchev–Trinajstić information content (AvgIpc) is 2.95. The molecule has 0 radical (unpaired) electrons. The van der Waals surface area contributed by atoms with Crippen LogP contribution in [0.15, 0.2) is 98.4 Å². The Hall–Kier alpha value is -3.18. The summed E-state index contributed by atoms with van der Waals surface area (Å²) in [7, 11) is 0. The fourth-order valence-corrected chi connectivity index (χ4v) is 5.40. The monoisotopic (exact) mass is 558 g/mol. The lowest BCUT2D eigenvalue weighted by atomic mass is 9.80. The third kappa shape index (κ3) is 14.9. The zero-order valence-electron chi connectivity index (χ0n) is 27.9. The van der Waals surface area contributed by atoms with E-state index in [1.807, 2.05) is 13.8 Å². The summed E-state index contributed by atoms with van der Waals surface area (Å²) in [5.41, 5.74) is 7.55. The topological polar surface area (TPSA) is 24.1 Å². The van der Waals surface area contributed by atoms with E-state index in [2.05, 4.69) is 141 Å². The van der Waals surface area contributed by atoms with Gasteiger partial charge in [-0.05, 0) is 89.2 Å². The molecule has 1 aliphatic rings. The molecule has 0 bridgehead atoms. The highest BCUT2D eigenvalue weighted by Gasteiger charge is 2.25. The first-order valence-corrected chi connectivity index (χ1v) is 15.2. The number of rotatable bonds is 14. The lowest BCUT2D eigenvalue weighted by Gasteiger charge is -2.34. The Morgan fingerprint density at radius 2 is 1.66 bits per heavy atom. The van der Waals surface area contributed by atoms with Crippen molar-refractivity contribution in [2.24, 2.45) is 17.8 Å². The number of nitrogens with one attached hydrogen (secondary N) is 2. The smallest absolute Gasteiger partial charge is 0.0513 e. The molecule has 1 aromatic carbocycles. The molecule has 0 aromatic heterocycles. The molecule has 0 amide bonds.